The first-order chi connectivity index (χ1) is 11.5. The maximum absolute atomic E-state index is 12.5. The highest BCUT2D eigenvalue weighted by atomic mass is 32.1. The van der Waals surface area contributed by atoms with Crippen molar-refractivity contribution in [1.29, 1.82) is 0 Å². The van der Waals surface area contributed by atoms with E-state index >= 15 is 0 Å². The summed E-state index contributed by atoms with van der Waals surface area (Å²) in [5.41, 5.74) is 6.30. The van der Waals surface area contributed by atoms with Crippen molar-refractivity contribution in [3.8, 4) is 0 Å². The zero-order valence-corrected chi connectivity index (χ0v) is 15.8. The third-order valence-corrected chi connectivity index (χ3v) is 5.58. The van der Waals surface area contributed by atoms with E-state index in [9.17, 15) is 9.59 Å². The van der Waals surface area contributed by atoms with Crippen LogP contribution in [-0.2, 0) is 23.8 Å². The van der Waals surface area contributed by atoms with Gasteiger partial charge >= 0.3 is 0 Å². The summed E-state index contributed by atoms with van der Waals surface area (Å²) in [6, 6.07) is 0. The van der Waals surface area contributed by atoms with Crippen molar-refractivity contribution in [3.63, 3.8) is 0 Å². The fourth-order valence-corrected chi connectivity index (χ4v) is 4.64. The number of carbonyl (C=O) groups is 2. The molecule has 0 saturated heterocycles. The molecule has 0 aromatic carbocycles. The largest absolute Gasteiger partial charge is 0.365 e. The van der Waals surface area contributed by atoms with Crippen LogP contribution in [0.1, 0.15) is 58.9 Å². The molecule has 1 aliphatic rings. The van der Waals surface area contributed by atoms with Crippen molar-refractivity contribution in [2.45, 2.75) is 45.3 Å². The maximum atomic E-state index is 12.5. The predicted molar refractivity (Wildman–Crippen MR) is 95.9 cm³/mol. The van der Waals surface area contributed by atoms with Gasteiger partial charge in [-0.15, -0.1) is 11.3 Å². The number of thiophene rings is 1. The lowest BCUT2D eigenvalue weighted by atomic mass is 9.86. The number of nitrogens with one attached hydrogen (secondary N) is 1. The summed E-state index contributed by atoms with van der Waals surface area (Å²) in [5.74, 6) is -0.875. The van der Waals surface area contributed by atoms with Crippen molar-refractivity contribution in [2.75, 3.05) is 5.32 Å². The molecule has 0 saturated carbocycles. The van der Waals surface area contributed by atoms with Crippen molar-refractivity contribution < 1.29 is 14.3 Å². The number of hydrogen-bond donors (Lipinski definition) is 2. The second kappa shape index (κ2) is 5.67. The van der Waals surface area contributed by atoms with Crippen LogP contribution in [0.5, 0.6) is 0 Å². The molecular weight excluding hydrogens is 340 g/mol. The number of hydrogen-bond acceptors (Lipinski definition) is 5. The first-order valence-electron chi connectivity index (χ1n) is 7.96. The number of aromatic nitrogens is 2. The summed E-state index contributed by atoms with van der Waals surface area (Å²) in [6.45, 7) is 7.88. The minimum Gasteiger partial charge on any atom is -0.365 e. The van der Waals surface area contributed by atoms with Crippen molar-refractivity contribution in [1.82, 2.24) is 9.78 Å². The van der Waals surface area contributed by atoms with E-state index in [1.807, 2.05) is 27.7 Å². The van der Waals surface area contributed by atoms with Crippen LogP contribution in [0.4, 0.5) is 5.00 Å². The molecule has 0 atom stereocenters. The Balaban J connectivity index is 2.05. The van der Waals surface area contributed by atoms with E-state index in [2.05, 4.69) is 10.4 Å². The standard InChI is InChI=1S/C17H22N4O3S/c1-16(2)6-10-11(13(18)22)15(25-12(10)17(3,4)24-16)20-14(23)9-7-19-21(5)8-9/h7-8H,6H2,1-5H3,(H2,18,22)(H,20,23). The lowest BCUT2D eigenvalue weighted by Gasteiger charge is -2.41. The van der Waals surface area contributed by atoms with Crippen LogP contribution in [-0.4, -0.2) is 27.2 Å². The van der Waals surface area contributed by atoms with E-state index in [0.717, 1.165) is 10.4 Å². The monoisotopic (exact) mass is 362 g/mol. The van der Waals surface area contributed by atoms with Gasteiger partial charge in [0, 0.05) is 24.5 Å². The summed E-state index contributed by atoms with van der Waals surface area (Å²) in [6.07, 6.45) is 3.65. The van der Waals surface area contributed by atoms with Gasteiger partial charge in [0.2, 0.25) is 0 Å². The minimum absolute atomic E-state index is 0.327. The van der Waals surface area contributed by atoms with E-state index in [0.29, 0.717) is 22.5 Å². The molecule has 0 aliphatic carbocycles. The average molecular weight is 362 g/mol. The van der Waals surface area contributed by atoms with Crippen molar-refractivity contribution >= 4 is 28.2 Å². The average Bonchev–Trinajstić information content (AvgIpc) is 3.01. The second-order valence-electron chi connectivity index (χ2n) is 7.38. The molecule has 3 heterocycles. The first kappa shape index (κ1) is 17.6. The highest BCUT2D eigenvalue weighted by molar-refractivity contribution is 7.17. The normalized spacial score (nSPS) is 17.8. The van der Waals surface area contributed by atoms with Crippen LogP contribution in [0, 0.1) is 0 Å². The van der Waals surface area contributed by atoms with Crippen LogP contribution in [0.15, 0.2) is 12.4 Å². The van der Waals surface area contributed by atoms with Crippen molar-refractivity contribution in [2.24, 2.45) is 12.8 Å². The molecular formula is C17H22N4O3S. The molecule has 2 aromatic heterocycles. The number of primary amides is 1. The highest BCUT2D eigenvalue weighted by Gasteiger charge is 2.42. The molecule has 0 bridgehead atoms. The van der Waals surface area contributed by atoms with Crippen LogP contribution in [0.2, 0.25) is 0 Å². The molecule has 3 rings (SSSR count). The molecule has 0 radical (unpaired) electrons. The number of amides is 2. The Morgan fingerprint density at radius 2 is 2.04 bits per heavy atom. The van der Waals surface area contributed by atoms with Gasteiger partial charge < -0.3 is 15.8 Å². The van der Waals surface area contributed by atoms with Gasteiger partial charge in [-0.25, -0.2) is 0 Å². The number of carbonyl (C=O) groups excluding carboxylic acids is 2. The number of nitrogens with zero attached hydrogens (tertiary/aromatic N) is 2. The summed E-state index contributed by atoms with van der Waals surface area (Å²) in [7, 11) is 1.73. The Hall–Kier alpha value is -2.19. The van der Waals surface area contributed by atoms with Crippen LogP contribution >= 0.6 is 11.3 Å². The maximum Gasteiger partial charge on any atom is 0.259 e. The molecule has 1 aliphatic heterocycles. The third-order valence-electron chi connectivity index (χ3n) is 4.13. The van der Waals surface area contributed by atoms with Crippen LogP contribution in [0.3, 0.4) is 0 Å². The molecule has 8 heteroatoms. The SMILES string of the molecule is Cn1cc(C(=O)Nc2sc3c(c2C(N)=O)CC(C)(C)OC3(C)C)cn1. The quantitative estimate of drug-likeness (QED) is 0.876. The molecule has 0 unspecified atom stereocenters. The van der Waals surface area contributed by atoms with Crippen LogP contribution < -0.4 is 11.1 Å². The summed E-state index contributed by atoms with van der Waals surface area (Å²) >= 11 is 1.34. The summed E-state index contributed by atoms with van der Waals surface area (Å²) in [4.78, 5) is 25.5. The van der Waals surface area contributed by atoms with E-state index < -0.39 is 17.1 Å². The number of aryl methyl sites for hydroxylation is 1. The molecule has 134 valence electrons. The fraction of sp³-hybridized carbons (Fsp3) is 0.471. The lowest BCUT2D eigenvalue weighted by molar-refractivity contribution is -0.135. The molecule has 2 aromatic rings. The Morgan fingerprint density at radius 3 is 2.60 bits per heavy atom. The Morgan fingerprint density at radius 1 is 1.36 bits per heavy atom. The number of ether oxygens (including phenoxy) is 1. The van der Waals surface area contributed by atoms with E-state index in [1.54, 1.807) is 17.9 Å². The first-order valence-corrected chi connectivity index (χ1v) is 8.78. The molecule has 3 N–H and O–H groups in total. The summed E-state index contributed by atoms with van der Waals surface area (Å²) < 4.78 is 7.71. The minimum atomic E-state index is -0.566. The molecule has 2 amide bonds. The second-order valence-corrected chi connectivity index (χ2v) is 8.40. The van der Waals surface area contributed by atoms with Gasteiger partial charge in [-0.1, -0.05) is 0 Å². The smallest absolute Gasteiger partial charge is 0.259 e. The van der Waals surface area contributed by atoms with Gasteiger partial charge in [-0.05, 0) is 33.3 Å². The topological polar surface area (TPSA) is 99.2 Å². The van der Waals surface area contributed by atoms with Gasteiger partial charge in [-0.2, -0.15) is 5.10 Å². The van der Waals surface area contributed by atoms with E-state index in [-0.39, 0.29) is 5.91 Å². The molecule has 25 heavy (non-hydrogen) atoms. The predicted octanol–water partition coefficient (Wildman–Crippen LogP) is 2.42. The Bertz CT molecular complexity index is 863. The van der Waals surface area contributed by atoms with Gasteiger partial charge in [-0.3, -0.25) is 14.3 Å². The highest BCUT2D eigenvalue weighted by Crippen LogP contribution is 2.48. The zero-order valence-electron chi connectivity index (χ0n) is 15.0. The lowest BCUT2D eigenvalue weighted by Crippen LogP contribution is -2.42. The fourth-order valence-electron chi connectivity index (χ4n) is 3.38. The van der Waals surface area contributed by atoms with Gasteiger partial charge in [0.15, 0.2) is 0 Å². The van der Waals surface area contributed by atoms with Gasteiger partial charge in [0.1, 0.15) is 5.00 Å². The number of rotatable bonds is 3. The molecule has 0 fully saturated rings. The molecule has 0 spiro atoms. The van der Waals surface area contributed by atoms with Crippen molar-refractivity contribution in [3.05, 3.63) is 34.0 Å². The number of anilines is 1. The zero-order chi connectivity index (χ0) is 18.6. The molecule has 7 nitrogen and oxygen atoms in total. The van der Waals surface area contributed by atoms with Gasteiger partial charge in [0.25, 0.3) is 11.8 Å². The van der Waals surface area contributed by atoms with E-state index in [1.165, 1.54) is 17.5 Å². The Kier molecular flexibility index (Phi) is 4.00. The third kappa shape index (κ3) is 3.19. The Labute approximate surface area is 150 Å². The van der Waals surface area contributed by atoms with E-state index in [4.69, 9.17) is 10.5 Å². The van der Waals surface area contributed by atoms with Crippen LogP contribution in [0.25, 0.3) is 0 Å². The number of fused-ring (bicyclic) bond motifs is 1. The summed E-state index contributed by atoms with van der Waals surface area (Å²) in [5, 5.41) is 7.26. The van der Waals surface area contributed by atoms with Gasteiger partial charge in [0.05, 0.1) is 28.5 Å². The number of nitrogens with two attached hydrogens (primary N) is 1.